The van der Waals surface area contributed by atoms with Gasteiger partial charge in [-0.05, 0) is 56.3 Å². The molecule has 0 radical (unpaired) electrons. The summed E-state index contributed by atoms with van der Waals surface area (Å²) in [5, 5.41) is 0. The summed E-state index contributed by atoms with van der Waals surface area (Å²) in [6.07, 6.45) is 0.295. The summed E-state index contributed by atoms with van der Waals surface area (Å²) in [4.78, 5) is 13.4. The summed E-state index contributed by atoms with van der Waals surface area (Å²) < 4.78 is 54.1. The van der Waals surface area contributed by atoms with Gasteiger partial charge in [0.2, 0.25) is 0 Å². The van der Waals surface area contributed by atoms with Gasteiger partial charge in [0, 0.05) is 18.1 Å². The standard InChI is InChI=1S/C26H33F3O3Si/c1-31-25(26(27,28)29,21-8-6-5-7-9-21)23(30)32-22(10-11-33(2,3)4)24-15-18-12-19(16-24)14-20(13-18)17-24/h5-9,18-20,22H,12-17H2,1-4H3/t18?,19?,20?,22-,24?,25?/m0/s1. The predicted octanol–water partition coefficient (Wildman–Crippen LogP) is 6.10. The first-order valence-corrected chi connectivity index (χ1v) is 15.3. The van der Waals surface area contributed by atoms with Gasteiger partial charge in [-0.1, -0.05) is 55.9 Å². The second-order valence-corrected chi connectivity index (χ2v) is 16.1. The van der Waals surface area contributed by atoms with Gasteiger partial charge in [-0.25, -0.2) is 4.79 Å². The number of halogens is 3. The first kappa shape index (κ1) is 24.3. The van der Waals surface area contributed by atoms with Crippen molar-refractivity contribution in [2.45, 2.75) is 76.0 Å². The molecule has 4 bridgehead atoms. The van der Waals surface area contributed by atoms with Gasteiger partial charge in [-0.15, -0.1) is 5.54 Å². The quantitative estimate of drug-likeness (QED) is 0.291. The number of carbonyl (C=O) groups excluding carboxylic acids is 1. The Morgan fingerprint density at radius 1 is 1.03 bits per heavy atom. The average Bonchev–Trinajstić information content (AvgIpc) is 2.70. The molecule has 4 fully saturated rings. The number of ether oxygens (including phenoxy) is 2. The molecular weight excluding hydrogens is 445 g/mol. The van der Waals surface area contributed by atoms with Crippen LogP contribution in [0.25, 0.3) is 0 Å². The third kappa shape index (κ3) is 4.49. The Morgan fingerprint density at radius 2 is 1.55 bits per heavy atom. The van der Waals surface area contributed by atoms with Crippen LogP contribution in [0.2, 0.25) is 19.6 Å². The molecule has 0 N–H and O–H groups in total. The first-order chi connectivity index (χ1) is 15.4. The highest BCUT2D eigenvalue weighted by molar-refractivity contribution is 6.83. The molecule has 1 unspecified atom stereocenters. The van der Waals surface area contributed by atoms with E-state index >= 15 is 0 Å². The van der Waals surface area contributed by atoms with Crippen molar-refractivity contribution in [2.75, 3.05) is 7.11 Å². The first-order valence-electron chi connectivity index (χ1n) is 11.8. The lowest BCUT2D eigenvalue weighted by Crippen LogP contribution is -2.56. The summed E-state index contributed by atoms with van der Waals surface area (Å²) in [5.74, 6) is 3.42. The van der Waals surface area contributed by atoms with Gasteiger partial charge in [0.05, 0.1) is 0 Å². The maximum absolute atomic E-state index is 14.4. The molecule has 0 amide bonds. The molecule has 7 heteroatoms. The number of benzene rings is 1. The van der Waals surface area contributed by atoms with Crippen LogP contribution < -0.4 is 0 Å². The minimum atomic E-state index is -4.99. The molecule has 5 rings (SSSR count). The highest BCUT2D eigenvalue weighted by atomic mass is 28.3. The van der Waals surface area contributed by atoms with Gasteiger partial charge in [-0.3, -0.25) is 0 Å². The predicted molar refractivity (Wildman–Crippen MR) is 123 cm³/mol. The molecule has 0 aromatic heterocycles. The number of rotatable bonds is 5. The van der Waals surface area contributed by atoms with Gasteiger partial charge in [0.25, 0.3) is 5.60 Å². The third-order valence-corrected chi connectivity index (χ3v) is 8.51. The lowest BCUT2D eigenvalue weighted by Gasteiger charge is -2.58. The molecule has 33 heavy (non-hydrogen) atoms. The van der Waals surface area contributed by atoms with Crippen molar-refractivity contribution in [1.29, 1.82) is 0 Å². The van der Waals surface area contributed by atoms with Crippen LogP contribution >= 0.6 is 0 Å². The Balaban J connectivity index is 1.74. The minimum Gasteiger partial charge on any atom is -0.446 e. The van der Waals surface area contributed by atoms with Crippen molar-refractivity contribution in [1.82, 2.24) is 0 Å². The topological polar surface area (TPSA) is 35.5 Å². The molecule has 0 spiro atoms. The van der Waals surface area contributed by atoms with Crippen molar-refractivity contribution in [3.8, 4) is 11.5 Å². The van der Waals surface area contributed by atoms with Crippen LogP contribution in [0.3, 0.4) is 0 Å². The number of esters is 1. The van der Waals surface area contributed by atoms with Gasteiger partial charge in [0.15, 0.2) is 6.10 Å². The SMILES string of the molecule is COC(C(=O)O[C@@H](C#C[Si](C)(C)C)C12CC3CC(CC(C3)C1)C2)(c1ccccc1)C(F)(F)F. The number of alkyl halides is 3. The van der Waals surface area contributed by atoms with Crippen LogP contribution in [0, 0.1) is 34.6 Å². The normalized spacial score (nSPS) is 31.3. The van der Waals surface area contributed by atoms with E-state index in [1.54, 1.807) is 6.07 Å². The molecule has 1 aromatic rings. The number of carbonyl (C=O) groups is 1. The van der Waals surface area contributed by atoms with Gasteiger partial charge in [0.1, 0.15) is 8.07 Å². The molecule has 3 nitrogen and oxygen atoms in total. The van der Waals surface area contributed by atoms with Crippen LogP contribution in [-0.4, -0.2) is 33.4 Å². The number of methoxy groups -OCH3 is 1. The van der Waals surface area contributed by atoms with Crippen molar-refractivity contribution in [3.63, 3.8) is 0 Å². The van der Waals surface area contributed by atoms with E-state index in [0.717, 1.165) is 26.4 Å². The summed E-state index contributed by atoms with van der Waals surface area (Å²) >= 11 is 0. The number of hydrogen-bond acceptors (Lipinski definition) is 3. The highest BCUT2D eigenvalue weighted by Crippen LogP contribution is 2.62. The van der Waals surface area contributed by atoms with Crippen LogP contribution in [0.5, 0.6) is 0 Å². The van der Waals surface area contributed by atoms with Crippen LogP contribution in [0.4, 0.5) is 13.2 Å². The summed E-state index contributed by atoms with van der Waals surface area (Å²) in [5.41, 5.74) is -0.542. The molecular formula is C26H33F3O3Si. The van der Waals surface area contributed by atoms with Crippen molar-refractivity contribution >= 4 is 14.0 Å². The van der Waals surface area contributed by atoms with Crippen LogP contribution in [0.15, 0.2) is 30.3 Å². The lowest BCUT2D eigenvalue weighted by atomic mass is 9.48. The van der Waals surface area contributed by atoms with Crippen LogP contribution in [-0.2, 0) is 19.9 Å². The lowest BCUT2D eigenvalue weighted by molar-refractivity contribution is -0.280. The fraction of sp³-hybridized carbons (Fsp3) is 0.654. The van der Waals surface area contributed by atoms with E-state index in [9.17, 15) is 18.0 Å². The molecule has 0 heterocycles. The molecule has 0 saturated heterocycles. The molecule has 4 aliphatic carbocycles. The molecule has 4 aliphatic rings. The van der Waals surface area contributed by atoms with E-state index in [4.69, 9.17) is 9.47 Å². The molecule has 0 aliphatic heterocycles. The fourth-order valence-electron chi connectivity index (χ4n) is 6.67. The molecule has 180 valence electrons. The van der Waals surface area contributed by atoms with E-state index in [0.29, 0.717) is 17.8 Å². The van der Waals surface area contributed by atoms with E-state index in [1.165, 1.54) is 43.5 Å². The van der Waals surface area contributed by atoms with E-state index in [1.807, 2.05) is 0 Å². The van der Waals surface area contributed by atoms with Gasteiger partial charge in [-0.2, -0.15) is 13.2 Å². The Labute approximate surface area is 195 Å². The fourth-order valence-corrected chi connectivity index (χ4v) is 7.23. The zero-order valence-electron chi connectivity index (χ0n) is 19.8. The Hall–Kier alpha value is -1.78. The van der Waals surface area contributed by atoms with Crippen LogP contribution in [0.1, 0.15) is 44.1 Å². The Kier molecular flexibility index (Phi) is 6.24. The van der Waals surface area contributed by atoms with Crippen molar-refractivity contribution in [3.05, 3.63) is 35.9 Å². The average molecular weight is 479 g/mol. The van der Waals surface area contributed by atoms with E-state index in [2.05, 4.69) is 31.1 Å². The monoisotopic (exact) mass is 478 g/mol. The summed E-state index contributed by atoms with van der Waals surface area (Å²) in [7, 11) is -0.934. The summed E-state index contributed by atoms with van der Waals surface area (Å²) in [6, 6.07) is 7.04. The van der Waals surface area contributed by atoms with Crippen molar-refractivity contribution in [2.24, 2.45) is 23.2 Å². The van der Waals surface area contributed by atoms with Gasteiger partial charge < -0.3 is 9.47 Å². The maximum atomic E-state index is 14.4. The third-order valence-electron chi connectivity index (χ3n) is 7.62. The summed E-state index contributed by atoms with van der Waals surface area (Å²) in [6.45, 7) is 6.24. The molecule has 2 atom stereocenters. The highest BCUT2D eigenvalue weighted by Gasteiger charge is 2.65. The largest absolute Gasteiger partial charge is 0.446 e. The van der Waals surface area contributed by atoms with E-state index in [-0.39, 0.29) is 11.0 Å². The van der Waals surface area contributed by atoms with Crippen molar-refractivity contribution < 1.29 is 27.4 Å². The molecule has 1 aromatic carbocycles. The second kappa shape index (κ2) is 8.46. The Morgan fingerprint density at radius 3 is 1.97 bits per heavy atom. The minimum absolute atomic E-state index is 0.285. The van der Waals surface area contributed by atoms with E-state index < -0.39 is 31.9 Å². The zero-order chi connectivity index (χ0) is 24.1. The Bertz CT molecular complexity index is 906. The smallest absolute Gasteiger partial charge is 0.432 e. The second-order valence-electron chi connectivity index (χ2n) is 11.3. The maximum Gasteiger partial charge on any atom is 0.432 e. The zero-order valence-corrected chi connectivity index (χ0v) is 20.8. The molecule has 4 saturated carbocycles. The van der Waals surface area contributed by atoms with Gasteiger partial charge >= 0.3 is 12.1 Å². The number of hydrogen-bond donors (Lipinski definition) is 0.